The molecule has 35 heavy (non-hydrogen) atoms. The summed E-state index contributed by atoms with van der Waals surface area (Å²) in [6, 6.07) is 14.6. The predicted octanol–water partition coefficient (Wildman–Crippen LogP) is 3.39. The first-order valence-corrected chi connectivity index (χ1v) is 11.9. The molecule has 1 amide bonds. The highest BCUT2D eigenvalue weighted by molar-refractivity contribution is 5.93. The van der Waals surface area contributed by atoms with Crippen LogP contribution in [0.5, 0.6) is 5.75 Å². The molecule has 0 aliphatic carbocycles. The summed E-state index contributed by atoms with van der Waals surface area (Å²) < 4.78 is 26.8. The number of carbonyl (C=O) groups is 1. The van der Waals surface area contributed by atoms with Crippen LogP contribution in [0, 0.1) is 11.7 Å². The molecule has 2 aromatic rings. The number of nitrogens with one attached hydrogen (secondary N) is 1. The first-order chi connectivity index (χ1) is 17.0. The second-order valence-electron chi connectivity index (χ2n) is 8.89. The normalized spacial score (nSPS) is 21.2. The van der Waals surface area contributed by atoms with Gasteiger partial charge in [0.25, 0.3) is 0 Å². The Morgan fingerprint density at radius 2 is 2.00 bits per heavy atom. The molecule has 0 radical (unpaired) electrons. The van der Waals surface area contributed by atoms with Gasteiger partial charge in [-0.2, -0.15) is 0 Å². The van der Waals surface area contributed by atoms with E-state index < -0.39 is 5.92 Å². The number of carbonyl (C=O) groups excluding carboxylic acids is 1. The van der Waals surface area contributed by atoms with Gasteiger partial charge in [0, 0.05) is 43.9 Å². The lowest BCUT2D eigenvalue weighted by Crippen LogP contribution is -2.47. The van der Waals surface area contributed by atoms with Gasteiger partial charge in [0.2, 0.25) is 11.8 Å². The molecule has 0 bridgehead atoms. The summed E-state index contributed by atoms with van der Waals surface area (Å²) in [4.78, 5) is 21.4. The summed E-state index contributed by atoms with van der Waals surface area (Å²) in [5, 5.41) is 3.14. The Morgan fingerprint density at radius 3 is 2.71 bits per heavy atom. The van der Waals surface area contributed by atoms with Gasteiger partial charge in [0.05, 0.1) is 13.0 Å². The third-order valence-electron chi connectivity index (χ3n) is 6.58. The molecule has 2 unspecified atom stereocenters. The number of methoxy groups -OCH3 is 1. The molecule has 1 N–H and O–H groups in total. The number of halogens is 1. The Hall–Kier alpha value is -3.23. The minimum absolute atomic E-state index is 0.0593. The van der Waals surface area contributed by atoms with Crippen molar-refractivity contribution in [3.63, 3.8) is 0 Å². The number of hydrogen-bond acceptors (Lipinski definition) is 6. The second-order valence-corrected chi connectivity index (χ2v) is 8.89. The molecule has 2 aliphatic heterocycles. The van der Waals surface area contributed by atoms with E-state index in [-0.39, 0.29) is 30.4 Å². The standard InChI is InChI=1S/C27H33FN4O3/c1-29-13-12-24(19-7-5-4-6-8-19)35-21-10-9-20(23(28)17-21)18-32-16-15-31(2)25-22(27(32)33)11-14-30-26(25)34-3/h4-11,14,17,22,24-25,29H,12-13,15-16,18H2,1-3H3/t22?,24-,25?/m0/s1. The zero-order valence-electron chi connectivity index (χ0n) is 20.5. The third kappa shape index (κ3) is 5.71. The monoisotopic (exact) mass is 480 g/mol. The fourth-order valence-corrected chi connectivity index (χ4v) is 4.63. The maximum Gasteiger partial charge on any atom is 0.232 e. The molecule has 0 spiro atoms. The first kappa shape index (κ1) is 24.9. The number of rotatable bonds is 8. The van der Waals surface area contributed by atoms with Crippen molar-refractivity contribution >= 4 is 11.8 Å². The minimum Gasteiger partial charge on any atom is -0.486 e. The predicted molar refractivity (Wildman–Crippen MR) is 134 cm³/mol. The van der Waals surface area contributed by atoms with E-state index >= 15 is 4.39 Å². The highest BCUT2D eigenvalue weighted by atomic mass is 19.1. The lowest BCUT2D eigenvalue weighted by Gasteiger charge is -2.31. The smallest absolute Gasteiger partial charge is 0.232 e. The largest absolute Gasteiger partial charge is 0.486 e. The maximum atomic E-state index is 15.2. The van der Waals surface area contributed by atoms with Crippen molar-refractivity contribution in [1.29, 1.82) is 0 Å². The van der Waals surface area contributed by atoms with Crippen molar-refractivity contribution in [2.45, 2.75) is 25.1 Å². The summed E-state index contributed by atoms with van der Waals surface area (Å²) in [5.41, 5.74) is 1.50. The van der Waals surface area contributed by atoms with Crippen LogP contribution in [0.25, 0.3) is 0 Å². The topological polar surface area (TPSA) is 66.4 Å². The molecule has 186 valence electrons. The Labute approximate surface area is 206 Å². The number of amides is 1. The van der Waals surface area contributed by atoms with Crippen molar-refractivity contribution in [3.8, 4) is 5.75 Å². The minimum atomic E-state index is -0.417. The van der Waals surface area contributed by atoms with Crippen LogP contribution in [0.3, 0.4) is 0 Å². The van der Waals surface area contributed by atoms with E-state index in [4.69, 9.17) is 9.47 Å². The highest BCUT2D eigenvalue weighted by Crippen LogP contribution is 2.28. The molecule has 2 aromatic carbocycles. The Balaban J connectivity index is 1.48. The molecule has 1 fully saturated rings. The van der Waals surface area contributed by atoms with Gasteiger partial charge in [0.15, 0.2) is 0 Å². The lowest BCUT2D eigenvalue weighted by atomic mass is 9.95. The van der Waals surface area contributed by atoms with Gasteiger partial charge >= 0.3 is 0 Å². The first-order valence-electron chi connectivity index (χ1n) is 11.9. The Morgan fingerprint density at radius 1 is 1.20 bits per heavy atom. The average molecular weight is 481 g/mol. The molecular formula is C27H33FN4O3. The van der Waals surface area contributed by atoms with Gasteiger partial charge in [0.1, 0.15) is 23.7 Å². The van der Waals surface area contributed by atoms with E-state index in [1.165, 1.54) is 6.07 Å². The summed E-state index contributed by atoms with van der Waals surface area (Å²) >= 11 is 0. The SMILES string of the molecule is CNCC[C@H](Oc1ccc(CN2CCN(C)C3C(OC)=NC=CC3C2=O)c(F)c1)c1ccccc1. The Kier molecular flexibility index (Phi) is 8.15. The van der Waals surface area contributed by atoms with Crippen LogP contribution in [0.1, 0.15) is 23.7 Å². The summed E-state index contributed by atoms with van der Waals surface area (Å²) in [6.45, 7) is 2.09. The van der Waals surface area contributed by atoms with E-state index in [0.717, 1.165) is 18.5 Å². The van der Waals surface area contributed by atoms with Crippen molar-refractivity contribution in [2.75, 3.05) is 40.8 Å². The number of ether oxygens (including phenoxy) is 2. The van der Waals surface area contributed by atoms with Crippen LogP contribution >= 0.6 is 0 Å². The maximum absolute atomic E-state index is 15.2. The van der Waals surface area contributed by atoms with Crippen LogP contribution in [0.15, 0.2) is 65.8 Å². The molecule has 8 heteroatoms. The number of fused-ring (bicyclic) bond motifs is 1. The van der Waals surface area contributed by atoms with Gasteiger partial charge in [-0.1, -0.05) is 42.5 Å². The van der Waals surface area contributed by atoms with Gasteiger partial charge in [-0.25, -0.2) is 9.38 Å². The van der Waals surface area contributed by atoms with E-state index in [2.05, 4.69) is 15.2 Å². The van der Waals surface area contributed by atoms with Crippen molar-refractivity contribution < 1.29 is 18.7 Å². The van der Waals surface area contributed by atoms with Crippen LogP contribution in [0.2, 0.25) is 0 Å². The van der Waals surface area contributed by atoms with Gasteiger partial charge in [-0.15, -0.1) is 0 Å². The number of hydrogen-bond donors (Lipinski definition) is 1. The van der Waals surface area contributed by atoms with Gasteiger partial charge < -0.3 is 19.7 Å². The molecule has 1 saturated heterocycles. The molecular weight excluding hydrogens is 447 g/mol. The van der Waals surface area contributed by atoms with Crippen LogP contribution in [-0.4, -0.2) is 68.5 Å². The van der Waals surface area contributed by atoms with E-state index in [1.54, 1.807) is 36.4 Å². The van der Waals surface area contributed by atoms with E-state index in [9.17, 15) is 4.79 Å². The molecule has 7 nitrogen and oxygen atoms in total. The van der Waals surface area contributed by atoms with Crippen molar-refractivity contribution in [3.05, 3.63) is 77.8 Å². The van der Waals surface area contributed by atoms with Crippen molar-refractivity contribution in [2.24, 2.45) is 10.9 Å². The number of benzene rings is 2. The average Bonchev–Trinajstić information content (AvgIpc) is 3.00. The fourth-order valence-electron chi connectivity index (χ4n) is 4.63. The summed E-state index contributed by atoms with van der Waals surface area (Å²) in [6.07, 6.45) is 3.97. The molecule has 0 aromatic heterocycles. The fraction of sp³-hybridized carbons (Fsp3) is 0.407. The van der Waals surface area contributed by atoms with Crippen LogP contribution in [0.4, 0.5) is 4.39 Å². The number of aliphatic imine (C=N–C) groups is 1. The lowest BCUT2D eigenvalue weighted by molar-refractivity contribution is -0.134. The van der Waals surface area contributed by atoms with Crippen LogP contribution < -0.4 is 10.1 Å². The molecule has 3 atom stereocenters. The molecule has 2 heterocycles. The summed E-state index contributed by atoms with van der Waals surface area (Å²) in [7, 11) is 5.41. The van der Waals surface area contributed by atoms with Crippen LogP contribution in [-0.2, 0) is 16.1 Å². The number of likely N-dealkylation sites (N-methyl/N-ethyl adjacent to an activating group) is 1. The second kappa shape index (κ2) is 11.5. The third-order valence-corrected chi connectivity index (χ3v) is 6.58. The molecule has 4 rings (SSSR count). The highest BCUT2D eigenvalue weighted by Gasteiger charge is 2.40. The van der Waals surface area contributed by atoms with Gasteiger partial charge in [-0.3, -0.25) is 9.69 Å². The molecule has 0 saturated carbocycles. The quantitative estimate of drug-likeness (QED) is 0.628. The summed E-state index contributed by atoms with van der Waals surface area (Å²) in [5.74, 6) is 0.127. The van der Waals surface area contributed by atoms with E-state index in [1.807, 2.05) is 44.4 Å². The number of nitrogens with zero attached hydrogens (tertiary/aromatic N) is 3. The van der Waals surface area contributed by atoms with Crippen molar-refractivity contribution in [1.82, 2.24) is 15.1 Å². The zero-order chi connectivity index (χ0) is 24.8. The molecule has 2 aliphatic rings. The zero-order valence-corrected chi connectivity index (χ0v) is 20.5. The van der Waals surface area contributed by atoms with E-state index in [0.29, 0.717) is 30.3 Å². The Bertz CT molecular complexity index is 1080. The van der Waals surface area contributed by atoms with Gasteiger partial charge in [-0.05, 0) is 32.3 Å².